The molecule has 0 aliphatic heterocycles. The average molecular weight is 931 g/mol. The van der Waals surface area contributed by atoms with Gasteiger partial charge in [-0.05, 0) is 102 Å². The average Bonchev–Trinajstić information content (AvgIpc) is 4.05. The molecule has 0 aliphatic rings. The quantitative estimate of drug-likeness (QED) is 0.118. The number of aromatic nitrogens is 8. The van der Waals surface area contributed by atoms with E-state index in [4.69, 9.17) is 35.4 Å². The molecule has 2 atom stereocenters. The maximum atomic E-state index is 14.3. The number of methoxy groups -OCH3 is 1. The van der Waals surface area contributed by atoms with E-state index in [0.29, 0.717) is 69.4 Å². The highest BCUT2D eigenvalue weighted by molar-refractivity contribution is 5.99. The maximum Gasteiger partial charge on any atom is 0.298 e. The van der Waals surface area contributed by atoms with Crippen LogP contribution in [0.15, 0.2) is 76.7 Å². The molecule has 0 aliphatic carbocycles. The molecule has 68 heavy (non-hydrogen) atoms. The Morgan fingerprint density at radius 3 is 1.68 bits per heavy atom. The number of amides is 4. The van der Waals surface area contributed by atoms with Gasteiger partial charge in [-0.1, -0.05) is 12.1 Å². The summed E-state index contributed by atoms with van der Waals surface area (Å²) in [5.41, 5.74) is 17.5. The van der Waals surface area contributed by atoms with Crippen molar-refractivity contribution in [1.82, 2.24) is 37.8 Å². The fraction of sp³-hybridized carbons (Fsp3) is 0.375. The van der Waals surface area contributed by atoms with Gasteiger partial charge in [0.15, 0.2) is 0 Å². The van der Waals surface area contributed by atoms with Crippen molar-refractivity contribution in [3.63, 3.8) is 0 Å². The van der Waals surface area contributed by atoms with Crippen LogP contribution >= 0.6 is 0 Å². The number of aryl methyl sites for hydroxylation is 6. The number of hydrogen-bond acceptors (Lipinski definition) is 10. The van der Waals surface area contributed by atoms with Crippen molar-refractivity contribution in [1.29, 1.82) is 0 Å². The Labute approximate surface area is 392 Å². The normalized spacial score (nSPS) is 13.1. The lowest BCUT2D eigenvalue weighted by molar-refractivity contribution is -0.0801. The zero-order valence-electron chi connectivity index (χ0n) is 39.8. The molecule has 20 heteroatoms. The monoisotopic (exact) mass is 930 g/mol. The Balaban J connectivity index is 1.43. The molecule has 4 aromatic heterocycles. The van der Waals surface area contributed by atoms with E-state index in [-0.39, 0.29) is 55.3 Å². The number of primary amides is 2. The Hall–Kier alpha value is -7.58. The lowest BCUT2D eigenvalue weighted by Crippen LogP contribution is -2.43. The maximum absolute atomic E-state index is 14.3. The molecule has 4 heterocycles. The lowest BCUT2D eigenvalue weighted by Gasteiger charge is -2.28. The van der Waals surface area contributed by atoms with Crippen molar-refractivity contribution in [3.05, 3.63) is 117 Å². The number of ether oxygens (including phenoxy) is 4. The van der Waals surface area contributed by atoms with E-state index in [2.05, 4.69) is 15.2 Å². The zero-order chi connectivity index (χ0) is 49.0. The van der Waals surface area contributed by atoms with E-state index in [0.717, 1.165) is 5.56 Å². The highest BCUT2D eigenvalue weighted by atomic mass is 16.5. The fourth-order valence-corrected chi connectivity index (χ4v) is 8.39. The van der Waals surface area contributed by atoms with E-state index < -0.39 is 35.8 Å². The Morgan fingerprint density at radius 1 is 0.647 bits per heavy atom. The number of benzene rings is 3. The molecule has 0 spiro atoms. The smallest absolute Gasteiger partial charge is 0.298 e. The van der Waals surface area contributed by atoms with Crippen LogP contribution in [0.25, 0.3) is 22.1 Å². The summed E-state index contributed by atoms with van der Waals surface area (Å²) in [6.07, 6.45) is -1.52. The molecule has 4 amide bonds. The number of carbonyl (C=O) groups is 4. The molecule has 3 aromatic carbocycles. The summed E-state index contributed by atoms with van der Waals surface area (Å²) in [5.74, 6) is -1.39. The molecule has 7 rings (SSSR count). The first-order chi connectivity index (χ1) is 32.6. The number of carbonyl (C=O) groups excluding carboxylic acids is 4. The van der Waals surface area contributed by atoms with Gasteiger partial charge in [0, 0.05) is 51.5 Å². The minimum Gasteiger partial charge on any atom is -0.497 e. The molecule has 4 N–H and O–H groups in total. The Bertz CT molecular complexity index is 3180. The van der Waals surface area contributed by atoms with Crippen molar-refractivity contribution >= 4 is 45.7 Å². The standard InChI is InChI=1S/C48H58N12O8/c1-10-59-37(20-28(5)53-59)45(63)51-47-55(7)35-22-31(43(49)61)16-19-34(35)57(47)25-40(66-12-3)41(67-13-4)26-58-42-36(56(8)48(58)52-46(64)38-21-29(6)54-60(38)11-2)23-32(44(50)62)24-39(42)68-27-30-14-17-33(65-9)18-15-30/h14-24,40-41H,10-13,25-27H2,1-9H3,(H2,49,61)(H2,50,62)/b51-47+,52-48+/t40-,41-/m0/s1. The molecule has 0 radical (unpaired) electrons. The number of nitrogens with zero attached hydrogens (tertiary/aromatic N) is 10. The highest BCUT2D eigenvalue weighted by Crippen LogP contribution is 2.30. The molecule has 0 unspecified atom stereocenters. The van der Waals surface area contributed by atoms with Crippen molar-refractivity contribution in [2.24, 2.45) is 35.5 Å². The summed E-state index contributed by atoms with van der Waals surface area (Å²) < 4.78 is 35.4. The third kappa shape index (κ3) is 9.77. The van der Waals surface area contributed by atoms with Gasteiger partial charge in [-0.25, -0.2) is 0 Å². The van der Waals surface area contributed by atoms with Crippen LogP contribution in [0.2, 0.25) is 0 Å². The van der Waals surface area contributed by atoms with E-state index in [9.17, 15) is 19.2 Å². The minimum absolute atomic E-state index is 0.0420. The summed E-state index contributed by atoms with van der Waals surface area (Å²) in [6, 6.07) is 19.0. The number of hydrogen-bond donors (Lipinski definition) is 2. The van der Waals surface area contributed by atoms with E-state index in [1.807, 2.05) is 68.0 Å². The number of nitrogens with two attached hydrogens (primary N) is 2. The van der Waals surface area contributed by atoms with Crippen LogP contribution in [0.1, 0.15) is 86.3 Å². The molecule has 7 aromatic rings. The van der Waals surface area contributed by atoms with Crippen LogP contribution in [0.4, 0.5) is 0 Å². The van der Waals surface area contributed by atoms with Gasteiger partial charge in [0.25, 0.3) is 11.8 Å². The number of rotatable bonds is 19. The van der Waals surface area contributed by atoms with Gasteiger partial charge >= 0.3 is 0 Å². The predicted molar refractivity (Wildman–Crippen MR) is 252 cm³/mol. The zero-order valence-corrected chi connectivity index (χ0v) is 39.8. The largest absolute Gasteiger partial charge is 0.497 e. The third-order valence-electron chi connectivity index (χ3n) is 11.7. The first kappa shape index (κ1) is 48.4. The SMILES string of the molecule is CCO[C@@H](Cn1/c(=N/C(=O)c2cc(C)nn2CC)n(C)c2cc(C(N)=O)ccc21)[C@H](Cn1/c(=N/C(=O)c2cc(C)nn2CC)n(C)c2cc(C(N)=O)cc(OCc3ccc(OC)cc3)c21)OCC. The van der Waals surface area contributed by atoms with Crippen LogP contribution in [0.3, 0.4) is 0 Å². The first-order valence-electron chi connectivity index (χ1n) is 22.4. The topological polar surface area (TPSA) is 237 Å². The van der Waals surface area contributed by atoms with Crippen molar-refractivity contribution in [3.8, 4) is 11.5 Å². The summed E-state index contributed by atoms with van der Waals surface area (Å²) in [4.78, 5) is 63.0. The van der Waals surface area contributed by atoms with Crippen molar-refractivity contribution in [2.75, 3.05) is 20.3 Å². The van der Waals surface area contributed by atoms with Crippen molar-refractivity contribution < 1.29 is 38.1 Å². The number of imidazole rings is 2. The van der Waals surface area contributed by atoms with Crippen molar-refractivity contribution in [2.45, 2.75) is 86.5 Å². The second kappa shape index (κ2) is 20.5. The summed E-state index contributed by atoms with van der Waals surface area (Å²) in [7, 11) is 5.08. The fourth-order valence-electron chi connectivity index (χ4n) is 8.39. The molecule has 0 saturated carbocycles. The summed E-state index contributed by atoms with van der Waals surface area (Å²) in [5, 5.41) is 8.94. The van der Waals surface area contributed by atoms with E-state index in [1.54, 1.807) is 89.1 Å². The molecule has 0 bridgehead atoms. The van der Waals surface area contributed by atoms with Gasteiger partial charge in [0.05, 0.1) is 48.1 Å². The lowest BCUT2D eigenvalue weighted by atomic mass is 10.1. The number of fused-ring (bicyclic) bond motifs is 2. The molecule has 0 fully saturated rings. The Morgan fingerprint density at radius 2 is 1.16 bits per heavy atom. The van der Waals surface area contributed by atoms with Crippen LogP contribution in [0, 0.1) is 13.8 Å². The molecule has 20 nitrogen and oxygen atoms in total. The van der Waals surface area contributed by atoms with Gasteiger partial charge in [0.1, 0.15) is 47.2 Å². The van der Waals surface area contributed by atoms with Crippen LogP contribution in [-0.4, -0.2) is 94.0 Å². The van der Waals surface area contributed by atoms with Crippen LogP contribution in [-0.2, 0) is 56.4 Å². The summed E-state index contributed by atoms with van der Waals surface area (Å²) in [6.45, 7) is 12.8. The third-order valence-corrected chi connectivity index (χ3v) is 11.7. The van der Waals surface area contributed by atoms with E-state index in [1.165, 1.54) is 0 Å². The Kier molecular flexibility index (Phi) is 14.6. The highest BCUT2D eigenvalue weighted by Gasteiger charge is 2.30. The van der Waals surface area contributed by atoms with Gasteiger partial charge < -0.3 is 48.7 Å². The second-order valence-electron chi connectivity index (χ2n) is 16.1. The molecular formula is C48H58N12O8. The second-order valence-corrected chi connectivity index (χ2v) is 16.1. The van der Waals surface area contributed by atoms with Gasteiger partial charge in [-0.3, -0.25) is 28.5 Å². The predicted octanol–water partition coefficient (Wildman–Crippen LogP) is 4.10. The summed E-state index contributed by atoms with van der Waals surface area (Å²) >= 11 is 0. The minimum atomic E-state index is -0.770. The molecular weight excluding hydrogens is 873 g/mol. The van der Waals surface area contributed by atoms with Gasteiger partial charge in [-0.2, -0.15) is 20.2 Å². The first-order valence-corrected chi connectivity index (χ1v) is 22.4. The van der Waals surface area contributed by atoms with Crippen LogP contribution in [0.5, 0.6) is 11.5 Å². The van der Waals surface area contributed by atoms with Gasteiger partial charge in [0.2, 0.25) is 23.1 Å². The van der Waals surface area contributed by atoms with Gasteiger partial charge in [-0.15, -0.1) is 0 Å². The molecule has 0 saturated heterocycles. The van der Waals surface area contributed by atoms with Crippen LogP contribution < -0.4 is 32.2 Å². The molecule has 358 valence electrons. The van der Waals surface area contributed by atoms with E-state index >= 15 is 0 Å².